The summed E-state index contributed by atoms with van der Waals surface area (Å²) in [4.78, 5) is 0. The minimum Gasteiger partial charge on any atom is -0.314 e. The van der Waals surface area contributed by atoms with Crippen molar-refractivity contribution in [3.8, 4) is 0 Å². The molecule has 21 heavy (non-hydrogen) atoms. The standard InChI is InChI=1S/C17H32F3N/c1-3-5-6-7-11-16(21-12-4-2)14-9-8-10-15(13-14)17(18,19)20/h14-16,21H,3-13H2,1-2H3. The topological polar surface area (TPSA) is 12.0 Å². The van der Waals surface area contributed by atoms with E-state index in [1.807, 2.05) is 0 Å². The van der Waals surface area contributed by atoms with Gasteiger partial charge in [0.05, 0.1) is 5.92 Å². The van der Waals surface area contributed by atoms with Gasteiger partial charge in [0.15, 0.2) is 0 Å². The van der Waals surface area contributed by atoms with E-state index in [9.17, 15) is 13.2 Å². The molecule has 1 saturated carbocycles. The molecule has 1 N–H and O–H groups in total. The Morgan fingerprint density at radius 2 is 1.81 bits per heavy atom. The zero-order valence-electron chi connectivity index (χ0n) is 13.6. The molecule has 1 rings (SSSR count). The molecular formula is C17H32F3N. The summed E-state index contributed by atoms with van der Waals surface area (Å²) in [6.45, 7) is 5.22. The second kappa shape index (κ2) is 9.70. The Hall–Kier alpha value is -0.250. The van der Waals surface area contributed by atoms with E-state index in [0.717, 1.165) is 38.6 Å². The summed E-state index contributed by atoms with van der Waals surface area (Å²) in [6.07, 6.45) is 5.21. The summed E-state index contributed by atoms with van der Waals surface area (Å²) < 4.78 is 38.9. The SMILES string of the molecule is CCCCCCC(NCCC)C1CCCC(C(F)(F)F)C1. The summed E-state index contributed by atoms with van der Waals surface area (Å²) in [5.74, 6) is -0.864. The van der Waals surface area contributed by atoms with Gasteiger partial charge in [0, 0.05) is 6.04 Å². The van der Waals surface area contributed by atoms with E-state index in [-0.39, 0.29) is 12.0 Å². The first-order chi connectivity index (χ1) is 9.99. The lowest BCUT2D eigenvalue weighted by Gasteiger charge is -2.36. The maximum Gasteiger partial charge on any atom is 0.391 e. The lowest BCUT2D eigenvalue weighted by atomic mass is 9.76. The molecule has 0 bridgehead atoms. The van der Waals surface area contributed by atoms with Gasteiger partial charge in [0.25, 0.3) is 0 Å². The molecule has 1 aliphatic carbocycles. The van der Waals surface area contributed by atoms with Crippen LogP contribution >= 0.6 is 0 Å². The molecule has 3 unspecified atom stereocenters. The van der Waals surface area contributed by atoms with E-state index < -0.39 is 12.1 Å². The van der Waals surface area contributed by atoms with Gasteiger partial charge in [-0.1, -0.05) is 46.0 Å². The first kappa shape index (κ1) is 18.8. The van der Waals surface area contributed by atoms with E-state index in [0.29, 0.717) is 12.8 Å². The van der Waals surface area contributed by atoms with Crippen LogP contribution in [0.5, 0.6) is 0 Å². The number of alkyl halides is 3. The number of nitrogens with one attached hydrogen (secondary N) is 1. The quantitative estimate of drug-likeness (QED) is 0.539. The van der Waals surface area contributed by atoms with Crippen LogP contribution in [-0.4, -0.2) is 18.8 Å². The molecule has 0 radical (unpaired) electrons. The van der Waals surface area contributed by atoms with Crippen LogP contribution in [0.2, 0.25) is 0 Å². The van der Waals surface area contributed by atoms with Gasteiger partial charge in [-0.3, -0.25) is 0 Å². The van der Waals surface area contributed by atoms with E-state index >= 15 is 0 Å². The van der Waals surface area contributed by atoms with Crippen LogP contribution in [0.4, 0.5) is 13.2 Å². The molecule has 0 heterocycles. The van der Waals surface area contributed by atoms with Gasteiger partial charge in [0.1, 0.15) is 0 Å². The van der Waals surface area contributed by atoms with Crippen LogP contribution in [0.15, 0.2) is 0 Å². The molecule has 0 aromatic carbocycles. The van der Waals surface area contributed by atoms with Crippen LogP contribution in [-0.2, 0) is 0 Å². The maximum absolute atomic E-state index is 13.0. The molecule has 1 aliphatic rings. The second-order valence-electron chi connectivity index (χ2n) is 6.58. The highest BCUT2D eigenvalue weighted by atomic mass is 19.4. The van der Waals surface area contributed by atoms with Crippen molar-refractivity contribution in [1.82, 2.24) is 5.32 Å². The molecule has 0 spiro atoms. The average Bonchev–Trinajstić information content (AvgIpc) is 2.46. The van der Waals surface area contributed by atoms with Crippen LogP contribution < -0.4 is 5.32 Å². The molecular weight excluding hydrogens is 275 g/mol. The van der Waals surface area contributed by atoms with Gasteiger partial charge >= 0.3 is 6.18 Å². The third kappa shape index (κ3) is 7.03. The van der Waals surface area contributed by atoms with Crippen molar-refractivity contribution in [1.29, 1.82) is 0 Å². The lowest BCUT2D eigenvalue weighted by Crippen LogP contribution is -2.41. The largest absolute Gasteiger partial charge is 0.391 e. The third-order valence-corrected chi connectivity index (χ3v) is 4.77. The lowest BCUT2D eigenvalue weighted by molar-refractivity contribution is -0.186. The van der Waals surface area contributed by atoms with Gasteiger partial charge in [0.2, 0.25) is 0 Å². The van der Waals surface area contributed by atoms with Gasteiger partial charge in [-0.15, -0.1) is 0 Å². The van der Waals surface area contributed by atoms with Crippen molar-refractivity contribution in [2.75, 3.05) is 6.54 Å². The molecule has 1 nitrogen and oxygen atoms in total. The molecule has 0 aliphatic heterocycles. The van der Waals surface area contributed by atoms with E-state index in [4.69, 9.17) is 0 Å². The van der Waals surface area contributed by atoms with Crippen molar-refractivity contribution in [2.45, 2.75) is 90.3 Å². The number of hydrogen-bond acceptors (Lipinski definition) is 1. The zero-order chi connectivity index (χ0) is 15.7. The molecule has 0 aromatic heterocycles. The van der Waals surface area contributed by atoms with Crippen molar-refractivity contribution in [2.24, 2.45) is 11.8 Å². The Bertz CT molecular complexity index is 265. The fourth-order valence-corrected chi connectivity index (χ4v) is 3.52. The summed E-state index contributed by atoms with van der Waals surface area (Å²) in [7, 11) is 0. The minimum atomic E-state index is -4.00. The van der Waals surface area contributed by atoms with Crippen molar-refractivity contribution >= 4 is 0 Å². The van der Waals surface area contributed by atoms with E-state index in [1.165, 1.54) is 19.3 Å². The molecule has 0 amide bonds. The van der Waals surface area contributed by atoms with E-state index in [1.54, 1.807) is 0 Å². The van der Waals surface area contributed by atoms with Crippen molar-refractivity contribution in [3.63, 3.8) is 0 Å². The number of unbranched alkanes of at least 4 members (excludes halogenated alkanes) is 3. The Balaban J connectivity index is 2.51. The fraction of sp³-hybridized carbons (Fsp3) is 1.00. The number of halogens is 3. The highest BCUT2D eigenvalue weighted by Gasteiger charge is 2.43. The molecule has 0 saturated heterocycles. The average molecular weight is 307 g/mol. The minimum absolute atomic E-state index is 0.207. The Morgan fingerprint density at radius 1 is 1.05 bits per heavy atom. The Morgan fingerprint density at radius 3 is 2.43 bits per heavy atom. The van der Waals surface area contributed by atoms with Crippen LogP contribution in [0, 0.1) is 11.8 Å². The van der Waals surface area contributed by atoms with Gasteiger partial charge in [-0.05, 0) is 44.6 Å². The second-order valence-corrected chi connectivity index (χ2v) is 6.58. The highest BCUT2D eigenvalue weighted by Crippen LogP contribution is 2.41. The predicted octanol–water partition coefficient (Wildman–Crippen LogP) is 5.69. The smallest absolute Gasteiger partial charge is 0.314 e. The third-order valence-electron chi connectivity index (χ3n) is 4.77. The van der Waals surface area contributed by atoms with Crippen molar-refractivity contribution in [3.05, 3.63) is 0 Å². The normalized spacial score (nSPS) is 25.0. The number of hydrogen-bond donors (Lipinski definition) is 1. The van der Waals surface area contributed by atoms with Crippen LogP contribution in [0.1, 0.15) is 78.1 Å². The Kier molecular flexibility index (Phi) is 8.69. The summed E-state index contributed by atoms with van der Waals surface area (Å²) in [5.41, 5.74) is 0. The maximum atomic E-state index is 13.0. The van der Waals surface area contributed by atoms with Crippen LogP contribution in [0.3, 0.4) is 0 Å². The first-order valence-electron chi connectivity index (χ1n) is 8.79. The summed E-state index contributed by atoms with van der Waals surface area (Å²) in [5, 5.41) is 3.52. The van der Waals surface area contributed by atoms with Crippen molar-refractivity contribution < 1.29 is 13.2 Å². The fourth-order valence-electron chi connectivity index (χ4n) is 3.52. The van der Waals surface area contributed by atoms with Gasteiger partial charge in [-0.25, -0.2) is 0 Å². The van der Waals surface area contributed by atoms with Crippen LogP contribution in [0.25, 0.3) is 0 Å². The monoisotopic (exact) mass is 307 g/mol. The van der Waals surface area contributed by atoms with Gasteiger partial charge in [-0.2, -0.15) is 13.2 Å². The Labute approximate surface area is 128 Å². The molecule has 4 heteroatoms. The number of rotatable bonds is 9. The van der Waals surface area contributed by atoms with Gasteiger partial charge < -0.3 is 5.32 Å². The molecule has 1 fully saturated rings. The summed E-state index contributed by atoms with van der Waals surface area (Å²) >= 11 is 0. The molecule has 0 aromatic rings. The predicted molar refractivity (Wildman–Crippen MR) is 82.3 cm³/mol. The molecule has 126 valence electrons. The molecule has 3 atom stereocenters. The van der Waals surface area contributed by atoms with E-state index in [2.05, 4.69) is 19.2 Å². The highest BCUT2D eigenvalue weighted by molar-refractivity contribution is 4.85. The zero-order valence-corrected chi connectivity index (χ0v) is 13.6. The first-order valence-corrected chi connectivity index (χ1v) is 8.79. The summed E-state index contributed by atoms with van der Waals surface area (Å²) in [6, 6.07) is 0.284.